The maximum absolute atomic E-state index is 12.7. The Morgan fingerprint density at radius 2 is 1.80 bits per heavy atom. The highest BCUT2D eigenvalue weighted by molar-refractivity contribution is 5.95. The zero-order valence-electron chi connectivity index (χ0n) is 16.0. The van der Waals surface area contributed by atoms with Gasteiger partial charge in [-0.2, -0.15) is 5.10 Å². The Morgan fingerprint density at radius 1 is 1.12 bits per heavy atom. The molecule has 1 heterocycles. The molecule has 0 unspecified atom stereocenters. The lowest BCUT2D eigenvalue weighted by atomic mass is 9.89. The fourth-order valence-corrected chi connectivity index (χ4v) is 2.59. The summed E-state index contributed by atoms with van der Waals surface area (Å²) in [4.78, 5) is 12.7. The van der Waals surface area contributed by atoms with Gasteiger partial charge < -0.3 is 10.6 Å². The van der Waals surface area contributed by atoms with Crippen molar-refractivity contribution in [2.45, 2.75) is 46.5 Å². The first-order valence-corrected chi connectivity index (χ1v) is 8.99. The number of carbonyl (C=O) groups excluding carboxylic acids is 1. The Bertz CT molecular complexity index is 695. The molecular weight excluding hydrogens is 312 g/mol. The van der Waals surface area contributed by atoms with Gasteiger partial charge >= 0.3 is 0 Å². The Labute approximate surface area is 150 Å². The second-order valence-corrected chi connectivity index (χ2v) is 7.43. The third-order valence-corrected chi connectivity index (χ3v) is 3.98. The van der Waals surface area contributed by atoms with Crippen molar-refractivity contribution >= 4 is 5.91 Å². The summed E-state index contributed by atoms with van der Waals surface area (Å²) in [6, 6.07) is 8.14. The van der Waals surface area contributed by atoms with E-state index in [0.717, 1.165) is 30.9 Å². The molecule has 25 heavy (non-hydrogen) atoms. The molecular formula is C20H30N4O. The lowest BCUT2D eigenvalue weighted by Gasteiger charge is -2.17. The number of nitrogens with one attached hydrogen (secondary N) is 2. The number of benzene rings is 1. The molecule has 1 aromatic heterocycles. The number of nitrogens with zero attached hydrogens (tertiary/aromatic N) is 2. The van der Waals surface area contributed by atoms with Gasteiger partial charge in [-0.15, -0.1) is 0 Å². The van der Waals surface area contributed by atoms with Gasteiger partial charge in [-0.25, -0.2) is 4.68 Å². The molecule has 0 fully saturated rings. The van der Waals surface area contributed by atoms with Crippen LogP contribution in [0.5, 0.6) is 0 Å². The molecule has 0 aliphatic carbocycles. The van der Waals surface area contributed by atoms with Gasteiger partial charge in [-0.05, 0) is 32.0 Å². The molecule has 0 aliphatic rings. The first kappa shape index (κ1) is 19.2. The van der Waals surface area contributed by atoms with Crippen LogP contribution in [-0.2, 0) is 5.41 Å². The standard InChI is InChI=1S/C20H30N4O/c1-6-11-21-12-13-22-19(25)17-14-24(23-18(17)20(3,4)5)16-9-7-15(2)8-10-16/h7-10,14,21H,6,11-13H2,1-5H3,(H,22,25). The van der Waals surface area contributed by atoms with Crippen LogP contribution in [0.25, 0.3) is 5.69 Å². The molecule has 2 rings (SSSR count). The van der Waals surface area contributed by atoms with Crippen molar-refractivity contribution < 1.29 is 4.79 Å². The molecule has 0 bridgehead atoms. The van der Waals surface area contributed by atoms with E-state index in [1.54, 1.807) is 4.68 Å². The third kappa shape index (κ3) is 5.16. The number of carbonyl (C=O) groups is 1. The zero-order valence-corrected chi connectivity index (χ0v) is 16.0. The van der Waals surface area contributed by atoms with Gasteiger partial charge in [0.05, 0.1) is 16.9 Å². The Morgan fingerprint density at radius 3 is 2.40 bits per heavy atom. The van der Waals surface area contributed by atoms with E-state index in [-0.39, 0.29) is 11.3 Å². The van der Waals surface area contributed by atoms with Crippen molar-refractivity contribution in [3.63, 3.8) is 0 Å². The second kappa shape index (κ2) is 8.30. The fraction of sp³-hybridized carbons (Fsp3) is 0.500. The monoisotopic (exact) mass is 342 g/mol. The van der Waals surface area contributed by atoms with E-state index >= 15 is 0 Å². The van der Waals surface area contributed by atoms with Crippen LogP contribution in [0.4, 0.5) is 0 Å². The number of rotatable bonds is 7. The zero-order chi connectivity index (χ0) is 18.4. The largest absolute Gasteiger partial charge is 0.351 e. The van der Waals surface area contributed by atoms with Gasteiger partial charge in [0.1, 0.15) is 0 Å². The van der Waals surface area contributed by atoms with E-state index in [0.29, 0.717) is 12.1 Å². The number of hydrogen-bond donors (Lipinski definition) is 2. The van der Waals surface area contributed by atoms with Gasteiger partial charge in [-0.1, -0.05) is 45.4 Å². The van der Waals surface area contributed by atoms with Crippen LogP contribution in [-0.4, -0.2) is 35.3 Å². The average Bonchev–Trinajstić information content (AvgIpc) is 3.01. The molecule has 0 radical (unpaired) electrons. The van der Waals surface area contributed by atoms with E-state index < -0.39 is 0 Å². The molecule has 5 nitrogen and oxygen atoms in total. The van der Waals surface area contributed by atoms with Crippen molar-refractivity contribution in [3.8, 4) is 5.69 Å². The highest BCUT2D eigenvalue weighted by atomic mass is 16.1. The molecule has 0 aliphatic heterocycles. The van der Waals surface area contributed by atoms with Crippen LogP contribution < -0.4 is 10.6 Å². The van der Waals surface area contributed by atoms with Crippen molar-refractivity contribution in [2.75, 3.05) is 19.6 Å². The van der Waals surface area contributed by atoms with Crippen molar-refractivity contribution in [2.24, 2.45) is 0 Å². The van der Waals surface area contributed by atoms with Crippen molar-refractivity contribution in [1.82, 2.24) is 20.4 Å². The molecule has 0 atom stereocenters. The minimum Gasteiger partial charge on any atom is -0.351 e. The first-order chi connectivity index (χ1) is 11.8. The van der Waals surface area contributed by atoms with E-state index in [1.807, 2.05) is 30.5 Å². The third-order valence-electron chi connectivity index (χ3n) is 3.98. The Hall–Kier alpha value is -2.14. The van der Waals surface area contributed by atoms with Gasteiger partial charge in [0, 0.05) is 24.7 Å². The predicted molar refractivity (Wildman–Crippen MR) is 102 cm³/mol. The Kier molecular flexibility index (Phi) is 6.37. The number of amides is 1. The normalized spacial score (nSPS) is 11.6. The smallest absolute Gasteiger partial charge is 0.254 e. The van der Waals surface area contributed by atoms with Crippen LogP contribution in [0.3, 0.4) is 0 Å². The minimum absolute atomic E-state index is 0.0680. The number of aromatic nitrogens is 2. The van der Waals surface area contributed by atoms with Gasteiger partial charge in [0.25, 0.3) is 5.91 Å². The summed E-state index contributed by atoms with van der Waals surface area (Å²) in [5.41, 5.74) is 3.41. The average molecular weight is 342 g/mol. The Balaban J connectivity index is 2.20. The van der Waals surface area contributed by atoms with Gasteiger partial charge in [0.15, 0.2) is 0 Å². The van der Waals surface area contributed by atoms with Crippen molar-refractivity contribution in [1.29, 1.82) is 0 Å². The molecule has 2 N–H and O–H groups in total. The maximum atomic E-state index is 12.7. The summed E-state index contributed by atoms with van der Waals surface area (Å²) in [6.45, 7) is 12.8. The summed E-state index contributed by atoms with van der Waals surface area (Å²) < 4.78 is 1.80. The van der Waals surface area contributed by atoms with E-state index in [9.17, 15) is 4.79 Å². The van der Waals surface area contributed by atoms with E-state index in [1.165, 1.54) is 5.56 Å². The molecule has 0 saturated carbocycles. The molecule has 5 heteroatoms. The molecule has 1 aromatic carbocycles. The van der Waals surface area contributed by atoms with Crippen LogP contribution in [0, 0.1) is 6.92 Å². The summed E-state index contributed by atoms with van der Waals surface area (Å²) in [7, 11) is 0. The van der Waals surface area contributed by atoms with Crippen LogP contribution in [0.1, 0.15) is 55.7 Å². The SMILES string of the molecule is CCCNCCNC(=O)c1cn(-c2ccc(C)cc2)nc1C(C)(C)C. The fourth-order valence-electron chi connectivity index (χ4n) is 2.59. The quantitative estimate of drug-likeness (QED) is 0.760. The summed E-state index contributed by atoms with van der Waals surface area (Å²) in [6.07, 6.45) is 2.92. The second-order valence-electron chi connectivity index (χ2n) is 7.43. The van der Waals surface area contributed by atoms with Crippen LogP contribution >= 0.6 is 0 Å². The molecule has 0 saturated heterocycles. The summed E-state index contributed by atoms with van der Waals surface area (Å²) >= 11 is 0. The van der Waals surface area contributed by atoms with Crippen LogP contribution in [0.2, 0.25) is 0 Å². The highest BCUT2D eigenvalue weighted by Gasteiger charge is 2.26. The molecule has 2 aromatic rings. The summed E-state index contributed by atoms with van der Waals surface area (Å²) in [5, 5.41) is 11.0. The predicted octanol–water partition coefficient (Wildman–Crippen LogP) is 3.21. The maximum Gasteiger partial charge on any atom is 0.254 e. The van der Waals surface area contributed by atoms with Gasteiger partial charge in [0.2, 0.25) is 0 Å². The van der Waals surface area contributed by atoms with E-state index in [4.69, 9.17) is 5.10 Å². The van der Waals surface area contributed by atoms with Crippen molar-refractivity contribution in [3.05, 3.63) is 47.3 Å². The molecule has 1 amide bonds. The van der Waals surface area contributed by atoms with Crippen LogP contribution in [0.15, 0.2) is 30.5 Å². The van der Waals surface area contributed by atoms with Gasteiger partial charge in [-0.3, -0.25) is 4.79 Å². The topological polar surface area (TPSA) is 58.9 Å². The lowest BCUT2D eigenvalue weighted by Crippen LogP contribution is -2.33. The molecule has 0 spiro atoms. The minimum atomic E-state index is -0.205. The number of aryl methyl sites for hydroxylation is 1. The highest BCUT2D eigenvalue weighted by Crippen LogP contribution is 2.25. The number of hydrogen-bond acceptors (Lipinski definition) is 3. The summed E-state index contributed by atoms with van der Waals surface area (Å²) in [5.74, 6) is -0.0680. The first-order valence-electron chi connectivity index (χ1n) is 8.99. The van der Waals surface area contributed by atoms with E-state index in [2.05, 4.69) is 45.3 Å². The molecule has 136 valence electrons. The lowest BCUT2D eigenvalue weighted by molar-refractivity contribution is 0.0951.